The van der Waals surface area contributed by atoms with Gasteiger partial charge in [0.1, 0.15) is 11.6 Å². The van der Waals surface area contributed by atoms with Crippen molar-refractivity contribution in [1.82, 2.24) is 19.9 Å². The lowest BCUT2D eigenvalue weighted by Crippen LogP contribution is -2.44. The summed E-state index contributed by atoms with van der Waals surface area (Å²) in [5.41, 5.74) is 6.28. The van der Waals surface area contributed by atoms with Gasteiger partial charge in [0.15, 0.2) is 9.84 Å². The number of halogens is 1. The number of aliphatic hydroxyl groups is 2. The maximum atomic E-state index is 13.0. The molecule has 2 unspecified atom stereocenters. The number of aromatic nitrogens is 3. The van der Waals surface area contributed by atoms with Crippen molar-refractivity contribution >= 4 is 27.4 Å². The third-order valence-corrected chi connectivity index (χ3v) is 5.99. The topological polar surface area (TPSA) is 155 Å². The predicted molar refractivity (Wildman–Crippen MR) is 99.9 cm³/mol. The Labute approximate surface area is 161 Å². The highest BCUT2D eigenvalue weighted by molar-refractivity contribution is 7.91. The van der Waals surface area contributed by atoms with Crippen LogP contribution in [0.2, 0.25) is 0 Å². The highest BCUT2D eigenvalue weighted by atomic mass is 32.2. The predicted octanol–water partition coefficient (Wildman–Crippen LogP) is -0.711. The smallest absolute Gasteiger partial charge is 0.232 e. The molecule has 0 saturated carbocycles. The second-order valence-electron chi connectivity index (χ2n) is 6.47. The van der Waals surface area contributed by atoms with Gasteiger partial charge in [0.25, 0.3) is 0 Å². The summed E-state index contributed by atoms with van der Waals surface area (Å²) < 4.78 is 36.6. The van der Waals surface area contributed by atoms with E-state index >= 15 is 0 Å². The molecule has 2 atom stereocenters. The number of hydrogen-bond acceptors (Lipinski definition) is 10. The third-order valence-electron chi connectivity index (χ3n) is 4.29. The van der Waals surface area contributed by atoms with Gasteiger partial charge in [0.05, 0.1) is 36.8 Å². The molecule has 0 amide bonds. The van der Waals surface area contributed by atoms with Crippen molar-refractivity contribution in [3.63, 3.8) is 0 Å². The van der Waals surface area contributed by atoms with Gasteiger partial charge in [0, 0.05) is 12.2 Å². The molecule has 12 heteroatoms. The second kappa shape index (κ2) is 8.31. The van der Waals surface area contributed by atoms with E-state index in [0.717, 1.165) is 0 Å². The van der Waals surface area contributed by atoms with Crippen LogP contribution >= 0.6 is 0 Å². The third kappa shape index (κ3) is 5.10. The molecular formula is C16H21FN6O4S. The number of sulfone groups is 1. The molecule has 1 aliphatic heterocycles. The van der Waals surface area contributed by atoms with Gasteiger partial charge in [-0.1, -0.05) is 0 Å². The Morgan fingerprint density at radius 2 is 1.93 bits per heavy atom. The number of anilines is 3. The van der Waals surface area contributed by atoms with Gasteiger partial charge in [-0.05, 0) is 24.3 Å². The first-order valence-corrected chi connectivity index (χ1v) is 10.3. The van der Waals surface area contributed by atoms with Gasteiger partial charge in [0.2, 0.25) is 11.9 Å². The van der Waals surface area contributed by atoms with Crippen LogP contribution in [-0.4, -0.2) is 75.3 Å². The lowest BCUT2D eigenvalue weighted by Gasteiger charge is -2.28. The van der Waals surface area contributed by atoms with Gasteiger partial charge >= 0.3 is 0 Å². The second-order valence-corrected chi connectivity index (χ2v) is 8.62. The molecule has 1 aliphatic rings. The first kappa shape index (κ1) is 20.3. The van der Waals surface area contributed by atoms with Crippen LogP contribution in [0.15, 0.2) is 24.3 Å². The number of aliphatic hydroxyl groups excluding tert-OH is 2. The number of rotatable bonds is 7. The number of benzene rings is 1. The SMILES string of the molecule is Nc1nc(CN(CCO)C2CS(=O)(=O)CC2O)nc(Nc2ccc(F)cc2)n1. The fraction of sp³-hybridized carbons (Fsp3) is 0.438. The highest BCUT2D eigenvalue weighted by Crippen LogP contribution is 2.21. The maximum Gasteiger partial charge on any atom is 0.232 e. The minimum Gasteiger partial charge on any atom is -0.395 e. The number of nitrogen functional groups attached to an aromatic ring is 1. The Morgan fingerprint density at radius 3 is 2.54 bits per heavy atom. The standard InChI is InChI=1S/C16H21FN6O4S/c17-10-1-3-11(4-2-10)19-16-21-14(20-15(18)22-16)7-23(5-6-24)12-8-28(26,27)9-13(12)25/h1-4,12-13,24-25H,5-9H2,(H3,18,19,20,21,22). The number of hydrogen-bond donors (Lipinski definition) is 4. The van der Waals surface area contributed by atoms with Crippen LogP contribution in [0.1, 0.15) is 5.82 Å². The maximum absolute atomic E-state index is 13.0. The van der Waals surface area contributed by atoms with Crippen LogP contribution in [-0.2, 0) is 16.4 Å². The molecule has 3 rings (SSSR count). The fourth-order valence-corrected chi connectivity index (χ4v) is 4.89. The van der Waals surface area contributed by atoms with Crippen LogP contribution in [0, 0.1) is 5.82 Å². The summed E-state index contributed by atoms with van der Waals surface area (Å²) >= 11 is 0. The molecule has 0 spiro atoms. The Balaban J connectivity index is 1.79. The van der Waals surface area contributed by atoms with Gasteiger partial charge in [-0.15, -0.1) is 0 Å². The summed E-state index contributed by atoms with van der Waals surface area (Å²) in [5, 5.41) is 22.3. The molecule has 1 aromatic heterocycles. The van der Waals surface area contributed by atoms with Crippen LogP contribution in [0.5, 0.6) is 0 Å². The molecule has 0 radical (unpaired) electrons. The van der Waals surface area contributed by atoms with E-state index in [1.165, 1.54) is 24.3 Å². The molecule has 0 bridgehead atoms. The quantitative estimate of drug-likeness (QED) is 0.458. The van der Waals surface area contributed by atoms with E-state index in [2.05, 4.69) is 20.3 Å². The van der Waals surface area contributed by atoms with Crippen molar-refractivity contribution < 1.29 is 23.0 Å². The Morgan fingerprint density at radius 1 is 1.21 bits per heavy atom. The minimum atomic E-state index is -3.35. The average Bonchev–Trinajstić information content (AvgIpc) is 2.89. The first-order valence-electron chi connectivity index (χ1n) is 8.52. The fourth-order valence-electron chi connectivity index (χ4n) is 3.06. The van der Waals surface area contributed by atoms with Crippen LogP contribution in [0.3, 0.4) is 0 Å². The molecule has 1 aromatic carbocycles. The Kier molecular flexibility index (Phi) is 6.03. The van der Waals surface area contributed by atoms with E-state index in [1.807, 2.05) is 0 Å². The van der Waals surface area contributed by atoms with Gasteiger partial charge in [-0.2, -0.15) is 15.0 Å². The monoisotopic (exact) mass is 412 g/mol. The molecule has 2 aromatic rings. The lowest BCUT2D eigenvalue weighted by molar-refractivity contribution is 0.0639. The zero-order valence-corrected chi connectivity index (χ0v) is 15.7. The molecular weight excluding hydrogens is 391 g/mol. The lowest BCUT2D eigenvalue weighted by atomic mass is 10.2. The van der Waals surface area contributed by atoms with E-state index in [9.17, 15) is 23.0 Å². The molecule has 2 heterocycles. The van der Waals surface area contributed by atoms with Crippen molar-refractivity contribution in [3.05, 3.63) is 35.9 Å². The Hall–Kier alpha value is -2.41. The van der Waals surface area contributed by atoms with Crippen LogP contribution < -0.4 is 11.1 Å². The van der Waals surface area contributed by atoms with Crippen molar-refractivity contribution in [2.75, 3.05) is 35.7 Å². The van der Waals surface area contributed by atoms with Gasteiger partial charge in [-0.25, -0.2) is 12.8 Å². The molecule has 152 valence electrons. The first-order chi connectivity index (χ1) is 13.3. The molecule has 10 nitrogen and oxygen atoms in total. The van der Waals surface area contributed by atoms with Crippen LogP contribution in [0.25, 0.3) is 0 Å². The molecule has 1 fully saturated rings. The van der Waals surface area contributed by atoms with Crippen molar-refractivity contribution in [2.45, 2.75) is 18.7 Å². The number of nitrogens with zero attached hydrogens (tertiary/aromatic N) is 4. The number of nitrogens with two attached hydrogens (primary N) is 1. The van der Waals surface area contributed by atoms with Gasteiger partial charge in [-0.3, -0.25) is 4.90 Å². The Bertz CT molecular complexity index is 927. The van der Waals surface area contributed by atoms with E-state index in [1.54, 1.807) is 4.90 Å². The van der Waals surface area contributed by atoms with Gasteiger partial charge < -0.3 is 21.3 Å². The molecule has 28 heavy (non-hydrogen) atoms. The van der Waals surface area contributed by atoms with Crippen LogP contribution in [0.4, 0.5) is 22.0 Å². The van der Waals surface area contributed by atoms with E-state index in [-0.39, 0.29) is 54.7 Å². The highest BCUT2D eigenvalue weighted by Gasteiger charge is 2.40. The number of nitrogens with one attached hydrogen (secondary N) is 1. The summed E-state index contributed by atoms with van der Waals surface area (Å²) in [5.74, 6) is -0.602. The summed E-state index contributed by atoms with van der Waals surface area (Å²) in [4.78, 5) is 13.9. The zero-order chi connectivity index (χ0) is 20.3. The minimum absolute atomic E-state index is 0.0573. The molecule has 5 N–H and O–H groups in total. The summed E-state index contributed by atoms with van der Waals surface area (Å²) in [6.07, 6.45) is -1.06. The molecule has 1 saturated heterocycles. The van der Waals surface area contributed by atoms with E-state index in [0.29, 0.717) is 5.69 Å². The van der Waals surface area contributed by atoms with Crippen molar-refractivity contribution in [2.24, 2.45) is 0 Å². The largest absolute Gasteiger partial charge is 0.395 e. The normalized spacial score (nSPS) is 21.1. The summed E-state index contributed by atoms with van der Waals surface area (Å²) in [6, 6.07) is 4.89. The zero-order valence-electron chi connectivity index (χ0n) is 14.9. The molecule has 0 aliphatic carbocycles. The van der Waals surface area contributed by atoms with Crippen molar-refractivity contribution in [1.29, 1.82) is 0 Å². The van der Waals surface area contributed by atoms with E-state index < -0.39 is 22.0 Å². The summed E-state index contributed by atoms with van der Waals surface area (Å²) in [7, 11) is -3.35. The average molecular weight is 412 g/mol. The van der Waals surface area contributed by atoms with Crippen molar-refractivity contribution in [3.8, 4) is 0 Å². The summed E-state index contributed by atoms with van der Waals surface area (Å²) in [6.45, 7) is -0.0449. The van der Waals surface area contributed by atoms with E-state index in [4.69, 9.17) is 5.73 Å².